The quantitative estimate of drug-likeness (QED) is 0.728. The minimum atomic E-state index is -0.528. The summed E-state index contributed by atoms with van der Waals surface area (Å²) in [5, 5.41) is 9.31. The van der Waals surface area contributed by atoms with Gasteiger partial charge in [0.05, 0.1) is 41.4 Å². The van der Waals surface area contributed by atoms with Crippen molar-refractivity contribution in [2.45, 2.75) is 50.7 Å². The first-order valence-corrected chi connectivity index (χ1v) is 10.0. The fraction of sp³-hybridized carbons (Fsp3) is 0.375. The normalized spacial score (nSPS) is 21.8. The highest BCUT2D eigenvalue weighted by atomic mass is 16.5. The fourth-order valence-corrected chi connectivity index (χ4v) is 4.07. The van der Waals surface area contributed by atoms with Gasteiger partial charge in [-0.15, -0.1) is 0 Å². The molecular formula is C24H24N2O3. The van der Waals surface area contributed by atoms with Gasteiger partial charge in [0.1, 0.15) is 0 Å². The predicted octanol–water partition coefficient (Wildman–Crippen LogP) is 4.39. The summed E-state index contributed by atoms with van der Waals surface area (Å²) in [6, 6.07) is 17.3. The van der Waals surface area contributed by atoms with Crippen LogP contribution >= 0.6 is 0 Å². The van der Waals surface area contributed by atoms with Crippen LogP contribution in [-0.2, 0) is 10.2 Å². The van der Waals surface area contributed by atoms with E-state index in [1.54, 1.807) is 24.3 Å². The van der Waals surface area contributed by atoms with Crippen LogP contribution in [0.1, 0.15) is 71.1 Å². The topological polar surface area (TPSA) is 70.4 Å². The van der Waals surface area contributed by atoms with Crippen LogP contribution < -0.4 is 0 Å². The molecule has 0 N–H and O–H groups in total. The van der Waals surface area contributed by atoms with Gasteiger partial charge < -0.3 is 4.74 Å². The van der Waals surface area contributed by atoms with Crippen molar-refractivity contribution in [1.29, 1.82) is 5.26 Å². The third-order valence-electron chi connectivity index (χ3n) is 5.90. The Hall–Kier alpha value is -2.97. The zero-order valence-electron chi connectivity index (χ0n) is 16.7. The van der Waals surface area contributed by atoms with E-state index in [9.17, 15) is 14.9 Å². The van der Waals surface area contributed by atoms with Gasteiger partial charge in [0.15, 0.2) is 0 Å². The molecule has 5 heteroatoms. The minimum Gasteiger partial charge on any atom is -0.368 e. The maximum absolute atomic E-state index is 12.6. The standard InChI is InChI=1S/C24H24N2O3/c1-24(2,15-25)17-12-10-16(11-13-17)21-9-5-6-18(29-21)14-26-22(27)19-7-3-4-8-20(19)23(26)28/h3-4,7-8,10-13,18,21H,5-6,9,14H2,1-2H3. The summed E-state index contributed by atoms with van der Waals surface area (Å²) in [6.45, 7) is 4.08. The number of imide groups is 1. The van der Waals surface area contributed by atoms with E-state index in [0.29, 0.717) is 11.1 Å². The lowest BCUT2D eigenvalue weighted by atomic mass is 9.85. The van der Waals surface area contributed by atoms with Crippen molar-refractivity contribution in [3.05, 3.63) is 70.8 Å². The number of amides is 2. The maximum atomic E-state index is 12.6. The summed E-state index contributed by atoms with van der Waals surface area (Å²) in [6.07, 6.45) is 2.46. The summed E-state index contributed by atoms with van der Waals surface area (Å²) >= 11 is 0. The molecular weight excluding hydrogens is 364 g/mol. The smallest absolute Gasteiger partial charge is 0.261 e. The minimum absolute atomic E-state index is 0.0665. The lowest BCUT2D eigenvalue weighted by Gasteiger charge is -2.32. The van der Waals surface area contributed by atoms with Gasteiger partial charge in [-0.05, 0) is 56.4 Å². The number of nitrogens with zero attached hydrogens (tertiary/aromatic N) is 2. The molecule has 2 atom stereocenters. The molecule has 0 radical (unpaired) electrons. The van der Waals surface area contributed by atoms with Crippen molar-refractivity contribution in [2.24, 2.45) is 0 Å². The van der Waals surface area contributed by atoms with Gasteiger partial charge in [0, 0.05) is 0 Å². The summed E-state index contributed by atoms with van der Waals surface area (Å²) in [4.78, 5) is 26.5. The van der Waals surface area contributed by atoms with Crippen LogP contribution in [0.2, 0.25) is 0 Å². The van der Waals surface area contributed by atoms with E-state index in [2.05, 4.69) is 6.07 Å². The van der Waals surface area contributed by atoms with E-state index >= 15 is 0 Å². The second kappa shape index (κ2) is 7.46. The third kappa shape index (κ3) is 3.56. The van der Waals surface area contributed by atoms with Gasteiger partial charge in [-0.25, -0.2) is 0 Å². The highest BCUT2D eigenvalue weighted by molar-refractivity contribution is 6.21. The number of carbonyl (C=O) groups is 2. The number of fused-ring (bicyclic) bond motifs is 1. The highest BCUT2D eigenvalue weighted by Crippen LogP contribution is 2.34. The number of rotatable bonds is 4. The lowest BCUT2D eigenvalue weighted by Crippen LogP contribution is -2.39. The van der Waals surface area contributed by atoms with Crippen LogP contribution in [-0.4, -0.2) is 29.4 Å². The molecule has 2 unspecified atom stereocenters. The molecule has 1 saturated heterocycles. The molecule has 0 spiro atoms. The Labute approximate surface area is 170 Å². The second-order valence-corrected chi connectivity index (χ2v) is 8.30. The van der Waals surface area contributed by atoms with E-state index < -0.39 is 5.41 Å². The number of carbonyl (C=O) groups excluding carboxylic acids is 2. The van der Waals surface area contributed by atoms with Crippen molar-refractivity contribution in [2.75, 3.05) is 6.54 Å². The first kappa shape index (κ1) is 19.4. The van der Waals surface area contributed by atoms with Crippen LogP contribution in [0.4, 0.5) is 0 Å². The fourth-order valence-electron chi connectivity index (χ4n) is 4.07. The van der Waals surface area contributed by atoms with Crippen molar-refractivity contribution >= 4 is 11.8 Å². The molecule has 4 rings (SSSR count). The Kier molecular flexibility index (Phi) is 4.97. The van der Waals surface area contributed by atoms with Crippen molar-refractivity contribution in [3.63, 3.8) is 0 Å². The van der Waals surface area contributed by atoms with Crippen LogP contribution in [0.3, 0.4) is 0 Å². The van der Waals surface area contributed by atoms with E-state index in [1.165, 1.54) is 4.90 Å². The molecule has 2 aromatic carbocycles. The van der Waals surface area contributed by atoms with E-state index in [-0.39, 0.29) is 30.6 Å². The molecule has 2 heterocycles. The largest absolute Gasteiger partial charge is 0.368 e. The van der Waals surface area contributed by atoms with E-state index in [1.807, 2.05) is 38.1 Å². The average Bonchev–Trinajstić information content (AvgIpc) is 2.99. The lowest BCUT2D eigenvalue weighted by molar-refractivity contribution is -0.0587. The number of benzene rings is 2. The van der Waals surface area contributed by atoms with Crippen molar-refractivity contribution < 1.29 is 14.3 Å². The van der Waals surface area contributed by atoms with Crippen LogP contribution in [0.15, 0.2) is 48.5 Å². The molecule has 1 fully saturated rings. The van der Waals surface area contributed by atoms with Gasteiger partial charge in [-0.1, -0.05) is 36.4 Å². The zero-order chi connectivity index (χ0) is 20.6. The Bertz CT molecular complexity index is 953. The average molecular weight is 388 g/mol. The molecule has 29 heavy (non-hydrogen) atoms. The van der Waals surface area contributed by atoms with Crippen LogP contribution in [0, 0.1) is 11.3 Å². The number of hydrogen-bond acceptors (Lipinski definition) is 4. The molecule has 0 aromatic heterocycles. The molecule has 2 aliphatic rings. The molecule has 2 aliphatic heterocycles. The SMILES string of the molecule is CC(C)(C#N)c1ccc(C2CCCC(CN3C(=O)c4ccccc4C3=O)O2)cc1. The Morgan fingerprint density at radius 2 is 1.66 bits per heavy atom. The van der Waals surface area contributed by atoms with E-state index in [4.69, 9.17) is 4.74 Å². The van der Waals surface area contributed by atoms with Crippen molar-refractivity contribution in [1.82, 2.24) is 4.90 Å². The number of ether oxygens (including phenoxy) is 1. The third-order valence-corrected chi connectivity index (χ3v) is 5.90. The van der Waals surface area contributed by atoms with Crippen LogP contribution in [0.25, 0.3) is 0 Å². The van der Waals surface area contributed by atoms with Gasteiger partial charge >= 0.3 is 0 Å². The molecule has 2 amide bonds. The van der Waals surface area contributed by atoms with Crippen LogP contribution in [0.5, 0.6) is 0 Å². The maximum Gasteiger partial charge on any atom is 0.261 e. The second-order valence-electron chi connectivity index (χ2n) is 8.30. The summed E-state index contributed by atoms with van der Waals surface area (Å²) in [7, 11) is 0. The molecule has 148 valence electrons. The predicted molar refractivity (Wildman–Crippen MR) is 108 cm³/mol. The molecule has 5 nitrogen and oxygen atoms in total. The molecule has 0 aliphatic carbocycles. The molecule has 2 aromatic rings. The summed E-state index contributed by atoms with van der Waals surface area (Å²) in [5.41, 5.74) is 2.46. The van der Waals surface area contributed by atoms with Crippen molar-refractivity contribution in [3.8, 4) is 6.07 Å². The monoisotopic (exact) mass is 388 g/mol. The number of nitriles is 1. The first-order chi connectivity index (χ1) is 13.9. The van der Waals surface area contributed by atoms with Gasteiger partial charge in [0.2, 0.25) is 0 Å². The highest BCUT2D eigenvalue weighted by Gasteiger charge is 2.37. The summed E-state index contributed by atoms with van der Waals surface area (Å²) in [5.74, 6) is -0.473. The Morgan fingerprint density at radius 1 is 1.03 bits per heavy atom. The first-order valence-electron chi connectivity index (χ1n) is 10.0. The molecule has 0 saturated carbocycles. The van der Waals surface area contributed by atoms with Gasteiger partial charge in [-0.3, -0.25) is 14.5 Å². The van der Waals surface area contributed by atoms with Gasteiger partial charge in [-0.2, -0.15) is 5.26 Å². The number of hydrogen-bond donors (Lipinski definition) is 0. The Balaban J connectivity index is 1.45. The molecule has 0 bridgehead atoms. The van der Waals surface area contributed by atoms with E-state index in [0.717, 1.165) is 30.4 Å². The zero-order valence-corrected chi connectivity index (χ0v) is 16.7. The van der Waals surface area contributed by atoms with Gasteiger partial charge in [0.25, 0.3) is 11.8 Å². The Morgan fingerprint density at radius 3 is 2.24 bits per heavy atom. The summed E-state index contributed by atoms with van der Waals surface area (Å²) < 4.78 is 6.27.